The monoisotopic (exact) mass is 427 g/mol. The van der Waals surface area contributed by atoms with Gasteiger partial charge in [-0.25, -0.2) is 4.98 Å². The lowest BCUT2D eigenvalue weighted by molar-refractivity contribution is -0.131. The van der Waals surface area contributed by atoms with Crippen molar-refractivity contribution in [2.45, 2.75) is 19.4 Å². The van der Waals surface area contributed by atoms with Gasteiger partial charge in [-0.1, -0.05) is 36.4 Å². The van der Waals surface area contributed by atoms with Crippen LogP contribution >= 0.6 is 0 Å². The van der Waals surface area contributed by atoms with E-state index in [1.807, 2.05) is 45.8 Å². The maximum absolute atomic E-state index is 12.9. The molecule has 0 spiro atoms. The van der Waals surface area contributed by atoms with Gasteiger partial charge in [-0.05, 0) is 29.7 Å². The van der Waals surface area contributed by atoms with E-state index in [4.69, 9.17) is 9.72 Å². The lowest BCUT2D eigenvalue weighted by Gasteiger charge is -2.29. The van der Waals surface area contributed by atoms with Crippen LogP contribution in [0.5, 0.6) is 5.75 Å². The fourth-order valence-corrected chi connectivity index (χ4v) is 4.20. The zero-order valence-electron chi connectivity index (χ0n) is 18.0. The molecule has 4 aromatic rings. The topological polar surface area (TPSA) is 71.8 Å². The van der Waals surface area contributed by atoms with Crippen LogP contribution in [-0.2, 0) is 17.8 Å². The maximum atomic E-state index is 12.9. The standard InChI is InChI=1S/C25H25N5O2/c1-32-21-8-4-7-19(15-21)24-25(30-14-12-26-16-22(30)28-24)27-11-9-23(31)29-13-10-18-5-2-3-6-20(18)17-29/h2-8,12,14-16,27H,9-11,13,17H2,1H3. The van der Waals surface area contributed by atoms with E-state index in [-0.39, 0.29) is 5.91 Å². The minimum absolute atomic E-state index is 0.158. The van der Waals surface area contributed by atoms with Gasteiger partial charge in [0.25, 0.3) is 0 Å². The molecule has 3 heterocycles. The quantitative estimate of drug-likeness (QED) is 0.507. The highest BCUT2D eigenvalue weighted by Gasteiger charge is 2.20. The van der Waals surface area contributed by atoms with Crippen molar-refractivity contribution in [1.82, 2.24) is 19.3 Å². The number of aromatic nitrogens is 3. The second-order valence-electron chi connectivity index (χ2n) is 7.86. The van der Waals surface area contributed by atoms with Crippen LogP contribution in [0, 0.1) is 0 Å². The molecule has 0 fully saturated rings. The van der Waals surface area contributed by atoms with Crippen molar-refractivity contribution in [2.24, 2.45) is 0 Å². The Hall–Kier alpha value is -3.87. The van der Waals surface area contributed by atoms with Gasteiger partial charge in [-0.2, -0.15) is 0 Å². The number of imidazole rings is 1. The molecule has 0 bridgehead atoms. The summed E-state index contributed by atoms with van der Waals surface area (Å²) in [6.45, 7) is 1.97. The predicted molar refractivity (Wildman–Crippen MR) is 124 cm³/mol. The first kappa shape index (κ1) is 20.1. The summed E-state index contributed by atoms with van der Waals surface area (Å²) in [6, 6.07) is 16.2. The number of benzene rings is 2. The van der Waals surface area contributed by atoms with Gasteiger partial charge in [0.15, 0.2) is 5.65 Å². The summed E-state index contributed by atoms with van der Waals surface area (Å²) in [6.07, 6.45) is 6.65. The molecule has 7 heteroatoms. The summed E-state index contributed by atoms with van der Waals surface area (Å²) in [4.78, 5) is 23.8. The molecule has 0 unspecified atom stereocenters. The Morgan fingerprint density at radius 3 is 2.91 bits per heavy atom. The summed E-state index contributed by atoms with van der Waals surface area (Å²) < 4.78 is 7.34. The zero-order chi connectivity index (χ0) is 21.9. The van der Waals surface area contributed by atoms with Gasteiger partial charge in [0.1, 0.15) is 17.3 Å². The number of methoxy groups -OCH3 is 1. The third kappa shape index (κ3) is 3.89. The molecule has 0 atom stereocenters. The number of fused-ring (bicyclic) bond motifs is 2. The number of carbonyl (C=O) groups is 1. The molecule has 0 radical (unpaired) electrons. The van der Waals surface area contributed by atoms with Crippen LogP contribution in [0.15, 0.2) is 67.1 Å². The Balaban J connectivity index is 1.33. The van der Waals surface area contributed by atoms with Gasteiger partial charge in [0.2, 0.25) is 5.91 Å². The molecule has 1 amide bonds. The lowest BCUT2D eigenvalue weighted by atomic mass is 10.00. The van der Waals surface area contributed by atoms with Crippen LogP contribution < -0.4 is 10.1 Å². The van der Waals surface area contributed by atoms with Gasteiger partial charge in [0.05, 0.1) is 13.3 Å². The molecular formula is C25H25N5O2. The molecule has 0 aliphatic carbocycles. The third-order valence-electron chi connectivity index (χ3n) is 5.89. The number of anilines is 1. The van der Waals surface area contributed by atoms with Crippen LogP contribution in [0.1, 0.15) is 17.5 Å². The second kappa shape index (κ2) is 8.70. The first-order valence-corrected chi connectivity index (χ1v) is 10.8. The number of carbonyl (C=O) groups excluding carboxylic acids is 1. The number of nitrogens with one attached hydrogen (secondary N) is 1. The Morgan fingerprint density at radius 2 is 2.03 bits per heavy atom. The highest BCUT2D eigenvalue weighted by atomic mass is 16.5. The molecule has 1 aliphatic rings. The predicted octanol–water partition coefficient (Wildman–Crippen LogP) is 3.79. The molecule has 162 valence electrons. The highest BCUT2D eigenvalue weighted by Crippen LogP contribution is 2.30. The Bertz CT molecular complexity index is 1270. The maximum Gasteiger partial charge on any atom is 0.224 e. The van der Waals surface area contributed by atoms with E-state index in [2.05, 4.69) is 28.5 Å². The molecule has 1 aliphatic heterocycles. The second-order valence-corrected chi connectivity index (χ2v) is 7.86. The molecule has 1 N–H and O–H groups in total. The molecule has 32 heavy (non-hydrogen) atoms. The van der Waals surface area contributed by atoms with Gasteiger partial charge < -0.3 is 15.0 Å². The van der Waals surface area contributed by atoms with E-state index in [0.29, 0.717) is 19.5 Å². The van der Waals surface area contributed by atoms with E-state index >= 15 is 0 Å². The summed E-state index contributed by atoms with van der Waals surface area (Å²) in [5.74, 6) is 1.77. The smallest absolute Gasteiger partial charge is 0.224 e. The Kier molecular flexibility index (Phi) is 5.46. The fourth-order valence-electron chi connectivity index (χ4n) is 4.20. The van der Waals surface area contributed by atoms with E-state index in [1.54, 1.807) is 19.5 Å². The van der Waals surface area contributed by atoms with Crippen molar-refractivity contribution in [3.8, 4) is 17.0 Å². The van der Waals surface area contributed by atoms with Crippen LogP contribution in [-0.4, -0.2) is 45.4 Å². The van der Waals surface area contributed by atoms with Crippen molar-refractivity contribution >= 4 is 17.4 Å². The number of amides is 1. The Labute approximate surface area is 186 Å². The summed E-state index contributed by atoms with van der Waals surface area (Å²) in [5, 5.41) is 3.45. The van der Waals surface area contributed by atoms with Gasteiger partial charge in [-0.3, -0.25) is 14.2 Å². The van der Waals surface area contributed by atoms with Gasteiger partial charge in [0, 0.05) is 44.0 Å². The molecule has 5 rings (SSSR count). The largest absolute Gasteiger partial charge is 0.497 e. The molecular weight excluding hydrogens is 402 g/mol. The Morgan fingerprint density at radius 1 is 1.16 bits per heavy atom. The average molecular weight is 428 g/mol. The van der Waals surface area contributed by atoms with E-state index in [9.17, 15) is 4.79 Å². The van der Waals surface area contributed by atoms with E-state index in [1.165, 1.54) is 11.1 Å². The van der Waals surface area contributed by atoms with Crippen molar-refractivity contribution in [1.29, 1.82) is 0 Å². The van der Waals surface area contributed by atoms with E-state index < -0.39 is 0 Å². The molecule has 0 saturated heterocycles. The summed E-state index contributed by atoms with van der Waals surface area (Å²) in [5.41, 5.74) is 5.07. The normalized spacial score (nSPS) is 13.1. The number of ether oxygens (including phenoxy) is 1. The first-order valence-electron chi connectivity index (χ1n) is 10.8. The van der Waals surface area contributed by atoms with E-state index in [0.717, 1.165) is 41.4 Å². The minimum Gasteiger partial charge on any atom is -0.497 e. The molecule has 7 nitrogen and oxygen atoms in total. The SMILES string of the molecule is COc1cccc(-c2nc3cnccn3c2NCCC(=O)N2CCc3ccccc3C2)c1. The minimum atomic E-state index is 0.158. The van der Waals surface area contributed by atoms with Crippen LogP contribution in [0.4, 0.5) is 5.82 Å². The zero-order valence-corrected chi connectivity index (χ0v) is 18.0. The van der Waals surface area contributed by atoms with Crippen LogP contribution in [0.3, 0.4) is 0 Å². The average Bonchev–Trinajstić information content (AvgIpc) is 3.22. The number of hydrogen-bond donors (Lipinski definition) is 1. The van der Waals surface area contributed by atoms with Gasteiger partial charge >= 0.3 is 0 Å². The summed E-state index contributed by atoms with van der Waals surface area (Å²) >= 11 is 0. The molecule has 2 aromatic heterocycles. The number of hydrogen-bond acceptors (Lipinski definition) is 5. The highest BCUT2D eigenvalue weighted by molar-refractivity contribution is 5.79. The van der Waals surface area contributed by atoms with Crippen molar-refractivity contribution in [3.63, 3.8) is 0 Å². The van der Waals surface area contributed by atoms with Crippen LogP contribution in [0.2, 0.25) is 0 Å². The molecule has 2 aromatic carbocycles. The van der Waals surface area contributed by atoms with Crippen molar-refractivity contribution < 1.29 is 9.53 Å². The third-order valence-corrected chi connectivity index (χ3v) is 5.89. The summed E-state index contributed by atoms with van der Waals surface area (Å²) in [7, 11) is 1.65. The number of nitrogens with zero attached hydrogens (tertiary/aromatic N) is 4. The van der Waals surface area contributed by atoms with Crippen LogP contribution in [0.25, 0.3) is 16.9 Å². The molecule has 0 saturated carbocycles. The first-order chi connectivity index (χ1) is 15.7. The van der Waals surface area contributed by atoms with Crippen molar-refractivity contribution in [3.05, 3.63) is 78.2 Å². The number of rotatable bonds is 6. The van der Waals surface area contributed by atoms with Gasteiger partial charge in [-0.15, -0.1) is 0 Å². The van der Waals surface area contributed by atoms with Crippen molar-refractivity contribution in [2.75, 3.05) is 25.5 Å². The lowest BCUT2D eigenvalue weighted by Crippen LogP contribution is -2.36. The fraction of sp³-hybridized carbons (Fsp3) is 0.240.